The molecule has 2 N–H and O–H groups in total. The number of carbonyl (C=O) groups is 1. The van der Waals surface area contributed by atoms with Gasteiger partial charge in [-0.3, -0.25) is 4.79 Å². The zero-order chi connectivity index (χ0) is 15.9. The second-order valence-corrected chi connectivity index (χ2v) is 6.30. The summed E-state index contributed by atoms with van der Waals surface area (Å²) in [5, 5.41) is 9.89. The molecule has 0 saturated carbocycles. The number of rotatable bonds is 2. The van der Waals surface area contributed by atoms with Crippen LogP contribution in [0.2, 0.25) is 0 Å². The highest BCUT2D eigenvalue weighted by atomic mass is 32.2. The standard InChI is InChI=1S/C14H11FN2O4S/c15-11-4-1-9(2-5-11)10-3-6-13(18)12(7-10)17-14(19)8-16-22(17,20)21/h1-7,16,18H,8H2. The van der Waals surface area contributed by atoms with E-state index in [1.165, 1.54) is 36.4 Å². The van der Waals surface area contributed by atoms with E-state index in [2.05, 4.69) is 4.72 Å². The van der Waals surface area contributed by atoms with Gasteiger partial charge in [-0.2, -0.15) is 17.4 Å². The first-order chi connectivity index (χ1) is 10.4. The smallest absolute Gasteiger partial charge is 0.308 e. The van der Waals surface area contributed by atoms with Gasteiger partial charge in [0.25, 0.3) is 5.91 Å². The highest BCUT2D eigenvalue weighted by Gasteiger charge is 2.37. The molecule has 114 valence electrons. The van der Waals surface area contributed by atoms with Gasteiger partial charge in [-0.05, 0) is 35.4 Å². The zero-order valence-electron chi connectivity index (χ0n) is 11.2. The lowest BCUT2D eigenvalue weighted by molar-refractivity contribution is -0.115. The average molecular weight is 322 g/mol. The molecule has 3 rings (SSSR count). The average Bonchev–Trinajstić information content (AvgIpc) is 2.74. The van der Waals surface area contributed by atoms with E-state index in [0.29, 0.717) is 15.4 Å². The summed E-state index contributed by atoms with van der Waals surface area (Å²) in [6, 6.07) is 9.77. The molecule has 22 heavy (non-hydrogen) atoms. The predicted molar refractivity (Wildman–Crippen MR) is 77.9 cm³/mol. The van der Waals surface area contributed by atoms with Crippen molar-refractivity contribution in [3.05, 3.63) is 48.3 Å². The summed E-state index contributed by atoms with van der Waals surface area (Å²) in [6.07, 6.45) is 0. The minimum atomic E-state index is -4.00. The zero-order valence-corrected chi connectivity index (χ0v) is 12.0. The van der Waals surface area contributed by atoms with Crippen LogP contribution in [0.5, 0.6) is 5.75 Å². The molecule has 1 aliphatic heterocycles. The summed E-state index contributed by atoms with van der Waals surface area (Å²) in [4.78, 5) is 11.8. The number of hydrogen-bond donors (Lipinski definition) is 2. The highest BCUT2D eigenvalue weighted by Crippen LogP contribution is 2.35. The molecule has 0 unspecified atom stereocenters. The molecule has 0 aromatic heterocycles. The van der Waals surface area contributed by atoms with Crippen molar-refractivity contribution in [3.8, 4) is 16.9 Å². The largest absolute Gasteiger partial charge is 0.506 e. The Labute approximate surface area is 126 Å². The van der Waals surface area contributed by atoms with Crippen LogP contribution in [-0.4, -0.2) is 26.0 Å². The van der Waals surface area contributed by atoms with Crippen molar-refractivity contribution in [2.75, 3.05) is 10.8 Å². The number of halogens is 1. The molecule has 0 atom stereocenters. The fourth-order valence-electron chi connectivity index (χ4n) is 2.20. The number of amides is 1. The monoisotopic (exact) mass is 322 g/mol. The molecular weight excluding hydrogens is 311 g/mol. The quantitative estimate of drug-likeness (QED) is 0.874. The lowest BCUT2D eigenvalue weighted by Crippen LogP contribution is -2.31. The molecule has 1 amide bonds. The third kappa shape index (κ3) is 2.42. The van der Waals surface area contributed by atoms with Gasteiger partial charge in [0.15, 0.2) is 0 Å². The Morgan fingerprint density at radius 3 is 2.32 bits per heavy atom. The van der Waals surface area contributed by atoms with Crippen LogP contribution in [0.15, 0.2) is 42.5 Å². The van der Waals surface area contributed by atoms with E-state index in [9.17, 15) is 22.7 Å². The molecule has 6 nitrogen and oxygen atoms in total. The number of anilines is 1. The van der Waals surface area contributed by atoms with Crippen LogP contribution in [0.1, 0.15) is 0 Å². The van der Waals surface area contributed by atoms with Crippen molar-refractivity contribution < 1.29 is 22.7 Å². The van der Waals surface area contributed by atoms with Gasteiger partial charge in [-0.25, -0.2) is 4.39 Å². The second kappa shape index (κ2) is 5.08. The third-order valence-corrected chi connectivity index (χ3v) is 4.63. The molecule has 0 radical (unpaired) electrons. The molecule has 8 heteroatoms. The minimum absolute atomic E-state index is 0.142. The molecule has 0 aliphatic carbocycles. The van der Waals surface area contributed by atoms with Crippen molar-refractivity contribution in [2.24, 2.45) is 0 Å². The lowest BCUT2D eigenvalue weighted by Gasteiger charge is -2.16. The van der Waals surface area contributed by atoms with Gasteiger partial charge in [0.1, 0.15) is 17.3 Å². The molecule has 1 aliphatic rings. The topological polar surface area (TPSA) is 86.7 Å². The van der Waals surface area contributed by atoms with Gasteiger partial charge < -0.3 is 5.11 Å². The molecule has 1 fully saturated rings. The van der Waals surface area contributed by atoms with E-state index in [1.807, 2.05) is 0 Å². The number of hydrogen-bond acceptors (Lipinski definition) is 4. The van der Waals surface area contributed by atoms with E-state index in [-0.39, 0.29) is 18.0 Å². The molecule has 1 saturated heterocycles. The van der Waals surface area contributed by atoms with E-state index < -0.39 is 21.9 Å². The molecule has 0 bridgehead atoms. The number of nitrogens with zero attached hydrogens (tertiary/aromatic N) is 1. The number of phenols is 1. The number of carbonyl (C=O) groups excluding carboxylic acids is 1. The van der Waals surface area contributed by atoms with Gasteiger partial charge in [0.05, 0.1) is 6.54 Å². The fourth-order valence-corrected chi connectivity index (χ4v) is 3.37. The summed E-state index contributed by atoms with van der Waals surface area (Å²) >= 11 is 0. The number of nitrogens with one attached hydrogen (secondary N) is 1. The SMILES string of the molecule is O=C1CNS(=O)(=O)N1c1cc(-c2ccc(F)cc2)ccc1O. The van der Waals surface area contributed by atoms with E-state index in [1.54, 1.807) is 6.07 Å². The Kier molecular flexibility index (Phi) is 3.34. The first-order valence-electron chi connectivity index (χ1n) is 6.30. The summed E-state index contributed by atoms with van der Waals surface area (Å²) in [7, 11) is -4.00. The predicted octanol–water partition coefficient (Wildman–Crippen LogP) is 1.38. The van der Waals surface area contributed by atoms with E-state index in [4.69, 9.17) is 0 Å². The van der Waals surface area contributed by atoms with Gasteiger partial charge in [-0.15, -0.1) is 0 Å². The van der Waals surface area contributed by atoms with Crippen molar-refractivity contribution in [2.45, 2.75) is 0 Å². The normalized spacial score (nSPS) is 17.0. The first-order valence-corrected chi connectivity index (χ1v) is 7.74. The minimum Gasteiger partial charge on any atom is -0.506 e. The van der Waals surface area contributed by atoms with Gasteiger partial charge in [0, 0.05) is 0 Å². The Balaban J connectivity index is 2.11. The van der Waals surface area contributed by atoms with Crippen molar-refractivity contribution in [1.29, 1.82) is 0 Å². The Bertz CT molecular complexity index is 850. The maximum absolute atomic E-state index is 13.0. The van der Waals surface area contributed by atoms with Crippen molar-refractivity contribution in [1.82, 2.24) is 4.72 Å². The second-order valence-electron chi connectivity index (χ2n) is 4.69. The van der Waals surface area contributed by atoms with Crippen molar-refractivity contribution in [3.63, 3.8) is 0 Å². The maximum atomic E-state index is 13.0. The van der Waals surface area contributed by atoms with Crippen LogP contribution in [0, 0.1) is 5.82 Å². The van der Waals surface area contributed by atoms with Gasteiger partial charge >= 0.3 is 10.2 Å². The fraction of sp³-hybridized carbons (Fsp3) is 0.0714. The number of benzene rings is 2. The first kappa shape index (κ1) is 14.5. The van der Waals surface area contributed by atoms with Crippen LogP contribution >= 0.6 is 0 Å². The lowest BCUT2D eigenvalue weighted by atomic mass is 10.0. The third-order valence-electron chi connectivity index (χ3n) is 3.24. The summed E-state index contributed by atoms with van der Waals surface area (Å²) in [5.41, 5.74) is 1.03. The van der Waals surface area contributed by atoms with E-state index in [0.717, 1.165) is 0 Å². The van der Waals surface area contributed by atoms with Crippen LogP contribution in [0.4, 0.5) is 10.1 Å². The van der Waals surface area contributed by atoms with Crippen molar-refractivity contribution >= 4 is 21.8 Å². The molecule has 1 heterocycles. The molecule has 2 aromatic rings. The van der Waals surface area contributed by atoms with Crippen LogP contribution in [0.3, 0.4) is 0 Å². The Morgan fingerprint density at radius 1 is 1.09 bits per heavy atom. The highest BCUT2D eigenvalue weighted by molar-refractivity contribution is 7.92. The molecule has 0 spiro atoms. The van der Waals surface area contributed by atoms with Crippen LogP contribution in [0.25, 0.3) is 11.1 Å². The number of aromatic hydroxyl groups is 1. The Hall–Kier alpha value is -2.45. The number of phenolic OH excluding ortho intramolecular Hbond substituents is 1. The maximum Gasteiger partial charge on any atom is 0.308 e. The van der Waals surface area contributed by atoms with Crippen LogP contribution < -0.4 is 9.03 Å². The van der Waals surface area contributed by atoms with Gasteiger partial charge in [-0.1, -0.05) is 18.2 Å². The summed E-state index contributed by atoms with van der Waals surface area (Å²) in [6.45, 7) is -0.359. The summed E-state index contributed by atoms with van der Waals surface area (Å²) < 4.78 is 39.3. The molecule has 2 aromatic carbocycles. The van der Waals surface area contributed by atoms with E-state index >= 15 is 0 Å². The molecular formula is C14H11FN2O4S. The van der Waals surface area contributed by atoms with Gasteiger partial charge in [0.2, 0.25) is 0 Å². The van der Waals surface area contributed by atoms with Crippen LogP contribution in [-0.2, 0) is 15.0 Å². The Morgan fingerprint density at radius 2 is 1.73 bits per heavy atom. The summed E-state index contributed by atoms with van der Waals surface area (Å²) in [5.74, 6) is -1.43.